The number of quaternary nitrogens is 1. The zero-order chi connectivity index (χ0) is 14.8. The SMILES string of the molecule is C#C[C@@]1(OC(=O)c2ccccc2)C[C@@H](C)[NH+](C)C[C@H]1C. The lowest BCUT2D eigenvalue weighted by atomic mass is 9.79. The minimum absolute atomic E-state index is 0.149. The van der Waals surface area contributed by atoms with Crippen LogP contribution in [0.5, 0.6) is 0 Å². The predicted octanol–water partition coefficient (Wildman–Crippen LogP) is 1.16. The van der Waals surface area contributed by atoms with Gasteiger partial charge in [0.15, 0.2) is 5.60 Å². The Morgan fingerprint density at radius 3 is 2.65 bits per heavy atom. The molecule has 1 aliphatic rings. The lowest BCUT2D eigenvalue weighted by Gasteiger charge is -2.42. The average molecular weight is 272 g/mol. The largest absolute Gasteiger partial charge is 0.441 e. The Morgan fingerprint density at radius 2 is 2.05 bits per heavy atom. The van der Waals surface area contributed by atoms with E-state index < -0.39 is 5.60 Å². The van der Waals surface area contributed by atoms with Gasteiger partial charge in [-0.2, -0.15) is 0 Å². The van der Waals surface area contributed by atoms with Gasteiger partial charge < -0.3 is 9.64 Å². The maximum Gasteiger partial charge on any atom is 0.339 e. The molecule has 20 heavy (non-hydrogen) atoms. The number of carbonyl (C=O) groups excluding carboxylic acids is 1. The molecule has 2 rings (SSSR count). The van der Waals surface area contributed by atoms with Crippen LogP contribution in [0.4, 0.5) is 0 Å². The maximum absolute atomic E-state index is 12.3. The quantitative estimate of drug-likeness (QED) is 0.647. The van der Waals surface area contributed by atoms with Crippen molar-refractivity contribution in [3.8, 4) is 12.3 Å². The van der Waals surface area contributed by atoms with E-state index in [1.165, 1.54) is 4.90 Å². The Labute approximate surface area is 120 Å². The summed E-state index contributed by atoms with van der Waals surface area (Å²) < 4.78 is 5.76. The molecule has 0 spiro atoms. The number of terminal acetylenes is 1. The van der Waals surface area contributed by atoms with E-state index in [0.29, 0.717) is 18.0 Å². The van der Waals surface area contributed by atoms with Crippen LogP contribution in [0.3, 0.4) is 0 Å². The number of likely N-dealkylation sites (tertiary alicyclic amines) is 1. The van der Waals surface area contributed by atoms with Crippen LogP contribution < -0.4 is 4.90 Å². The summed E-state index contributed by atoms with van der Waals surface area (Å²) in [4.78, 5) is 13.7. The molecule has 1 N–H and O–H groups in total. The molecule has 1 aromatic carbocycles. The molecule has 0 saturated carbocycles. The number of nitrogens with one attached hydrogen (secondary N) is 1. The van der Waals surface area contributed by atoms with E-state index in [9.17, 15) is 4.79 Å². The van der Waals surface area contributed by atoms with E-state index in [2.05, 4.69) is 26.8 Å². The number of ether oxygens (including phenoxy) is 1. The van der Waals surface area contributed by atoms with Gasteiger partial charge in [-0.25, -0.2) is 4.79 Å². The topological polar surface area (TPSA) is 30.7 Å². The highest BCUT2D eigenvalue weighted by Crippen LogP contribution is 2.29. The van der Waals surface area contributed by atoms with E-state index in [1.807, 2.05) is 18.2 Å². The molecule has 1 aromatic rings. The summed E-state index contributed by atoms with van der Waals surface area (Å²) in [5.41, 5.74) is -0.237. The molecule has 0 bridgehead atoms. The van der Waals surface area contributed by atoms with Gasteiger partial charge in [0.2, 0.25) is 0 Å². The molecule has 0 aliphatic carbocycles. The fourth-order valence-electron chi connectivity index (χ4n) is 2.85. The minimum atomic E-state index is -0.786. The summed E-state index contributed by atoms with van der Waals surface area (Å²) in [5, 5.41) is 0. The molecule has 0 aromatic heterocycles. The van der Waals surface area contributed by atoms with E-state index in [4.69, 9.17) is 11.2 Å². The van der Waals surface area contributed by atoms with Gasteiger partial charge in [-0.05, 0) is 19.1 Å². The normalized spacial score (nSPS) is 33.2. The lowest BCUT2D eigenvalue weighted by Crippen LogP contribution is -3.15. The smallest absolute Gasteiger partial charge is 0.339 e. The summed E-state index contributed by atoms with van der Waals surface area (Å²) in [6, 6.07) is 9.40. The van der Waals surface area contributed by atoms with Gasteiger partial charge in [-0.15, -0.1) is 6.42 Å². The number of hydrogen-bond donors (Lipinski definition) is 1. The predicted molar refractivity (Wildman–Crippen MR) is 78.4 cm³/mol. The lowest BCUT2D eigenvalue weighted by molar-refractivity contribution is -0.915. The molecule has 4 atom stereocenters. The number of carbonyl (C=O) groups is 1. The van der Waals surface area contributed by atoms with Gasteiger partial charge in [0.05, 0.1) is 37.5 Å². The van der Waals surface area contributed by atoms with Crippen LogP contribution in [0.15, 0.2) is 30.3 Å². The molecule has 106 valence electrons. The van der Waals surface area contributed by atoms with Crippen molar-refractivity contribution in [2.45, 2.75) is 31.9 Å². The molecule has 0 amide bonds. The molecular weight excluding hydrogens is 250 g/mol. The number of piperidine rings is 1. The Hall–Kier alpha value is -1.79. The van der Waals surface area contributed by atoms with Crippen LogP contribution in [-0.4, -0.2) is 31.2 Å². The van der Waals surface area contributed by atoms with Gasteiger partial charge in [0.1, 0.15) is 0 Å². The molecule has 1 unspecified atom stereocenters. The van der Waals surface area contributed by atoms with Crippen LogP contribution in [0, 0.1) is 18.3 Å². The van der Waals surface area contributed by atoms with Crippen molar-refractivity contribution in [3.63, 3.8) is 0 Å². The molecule has 1 fully saturated rings. The van der Waals surface area contributed by atoms with Crippen LogP contribution in [0.2, 0.25) is 0 Å². The summed E-state index contributed by atoms with van der Waals surface area (Å²) in [6.07, 6.45) is 6.43. The Kier molecular flexibility index (Phi) is 4.15. The number of benzene rings is 1. The average Bonchev–Trinajstić information content (AvgIpc) is 2.45. The van der Waals surface area contributed by atoms with Crippen LogP contribution in [0.1, 0.15) is 30.6 Å². The van der Waals surface area contributed by atoms with Crippen LogP contribution >= 0.6 is 0 Å². The maximum atomic E-state index is 12.3. The molecular formula is C17H22NO2+. The van der Waals surface area contributed by atoms with Crippen LogP contribution in [0.25, 0.3) is 0 Å². The van der Waals surface area contributed by atoms with E-state index in [1.54, 1.807) is 12.1 Å². The molecule has 0 radical (unpaired) electrons. The summed E-state index contributed by atoms with van der Waals surface area (Å²) in [6.45, 7) is 5.12. The first-order valence-corrected chi connectivity index (χ1v) is 7.07. The minimum Gasteiger partial charge on any atom is -0.441 e. The summed E-state index contributed by atoms with van der Waals surface area (Å²) in [5.74, 6) is 2.58. The zero-order valence-corrected chi connectivity index (χ0v) is 12.3. The van der Waals surface area contributed by atoms with E-state index in [0.717, 1.165) is 6.54 Å². The van der Waals surface area contributed by atoms with Crippen molar-refractivity contribution in [1.29, 1.82) is 0 Å². The molecule has 3 nitrogen and oxygen atoms in total. The molecule has 1 aliphatic heterocycles. The Morgan fingerprint density at radius 1 is 1.40 bits per heavy atom. The second kappa shape index (κ2) is 5.68. The van der Waals surface area contributed by atoms with Gasteiger partial charge in [-0.3, -0.25) is 0 Å². The number of hydrogen-bond acceptors (Lipinski definition) is 2. The first kappa shape index (κ1) is 14.6. The van der Waals surface area contributed by atoms with Crippen molar-refractivity contribution in [2.75, 3.05) is 13.6 Å². The van der Waals surface area contributed by atoms with Crippen molar-refractivity contribution in [3.05, 3.63) is 35.9 Å². The zero-order valence-electron chi connectivity index (χ0n) is 12.3. The molecule has 1 saturated heterocycles. The van der Waals surface area contributed by atoms with Gasteiger partial charge in [0.25, 0.3) is 0 Å². The van der Waals surface area contributed by atoms with Crippen molar-refractivity contribution >= 4 is 5.97 Å². The highest BCUT2D eigenvalue weighted by molar-refractivity contribution is 5.89. The summed E-state index contributed by atoms with van der Waals surface area (Å²) in [7, 11) is 2.15. The third-order valence-corrected chi connectivity index (χ3v) is 4.40. The number of rotatable bonds is 2. The fourth-order valence-corrected chi connectivity index (χ4v) is 2.85. The number of esters is 1. The van der Waals surface area contributed by atoms with Crippen molar-refractivity contribution in [2.24, 2.45) is 5.92 Å². The molecule has 3 heteroatoms. The third-order valence-electron chi connectivity index (χ3n) is 4.40. The third kappa shape index (κ3) is 2.71. The fraction of sp³-hybridized carbons (Fsp3) is 0.471. The second-order valence-corrected chi connectivity index (χ2v) is 5.85. The molecule has 1 heterocycles. The van der Waals surface area contributed by atoms with Crippen LogP contribution in [-0.2, 0) is 4.74 Å². The Balaban J connectivity index is 2.20. The van der Waals surface area contributed by atoms with Gasteiger partial charge in [0, 0.05) is 0 Å². The highest BCUT2D eigenvalue weighted by Gasteiger charge is 2.47. The van der Waals surface area contributed by atoms with Gasteiger partial charge >= 0.3 is 5.97 Å². The summed E-state index contributed by atoms with van der Waals surface area (Å²) >= 11 is 0. The van der Waals surface area contributed by atoms with Crippen molar-refractivity contribution in [1.82, 2.24) is 0 Å². The monoisotopic (exact) mass is 272 g/mol. The van der Waals surface area contributed by atoms with E-state index >= 15 is 0 Å². The standard InChI is InChI=1S/C17H21NO2/c1-5-17(11-14(3)18(4)12-13(17)2)20-16(19)15-9-7-6-8-10-15/h1,6-10,13-14H,11-12H2,2-4H3/p+1/t13-,14-,17-/m1/s1. The Bertz CT molecular complexity index is 520. The second-order valence-electron chi connectivity index (χ2n) is 5.85. The van der Waals surface area contributed by atoms with Crippen molar-refractivity contribution < 1.29 is 14.4 Å². The van der Waals surface area contributed by atoms with Gasteiger partial charge in [-0.1, -0.05) is 31.0 Å². The first-order chi connectivity index (χ1) is 9.48. The van der Waals surface area contributed by atoms with E-state index in [-0.39, 0.29) is 11.9 Å². The first-order valence-electron chi connectivity index (χ1n) is 7.07. The highest BCUT2D eigenvalue weighted by atomic mass is 16.6.